The molecule has 2 N–H and O–H groups in total. The zero-order valence-corrected chi connectivity index (χ0v) is 19.3. The molecule has 1 aliphatic carbocycles. The fourth-order valence-corrected chi connectivity index (χ4v) is 5.76. The maximum Gasteiger partial charge on any atom is 0.115 e. The molecule has 5 aromatic carbocycles. The molecule has 170 valence electrons. The van der Waals surface area contributed by atoms with Crippen LogP contribution in [0, 0.1) is 0 Å². The van der Waals surface area contributed by atoms with Gasteiger partial charge >= 0.3 is 0 Å². The summed E-state index contributed by atoms with van der Waals surface area (Å²) in [6.45, 7) is 0. The number of aromatic hydroxyl groups is 2. The molecule has 0 heterocycles. The second-order valence-electron chi connectivity index (χ2n) is 9.33. The summed E-state index contributed by atoms with van der Waals surface area (Å²) in [4.78, 5) is 0. The van der Waals surface area contributed by atoms with Gasteiger partial charge in [0, 0.05) is 11.3 Å². The Labute approximate surface area is 205 Å². The molecule has 5 aromatic rings. The number of benzene rings is 5. The second kappa shape index (κ2) is 8.48. The van der Waals surface area contributed by atoms with Crippen LogP contribution in [0.3, 0.4) is 0 Å². The van der Waals surface area contributed by atoms with E-state index in [1.807, 2.05) is 30.3 Å². The van der Waals surface area contributed by atoms with Crippen LogP contribution in [0.5, 0.6) is 11.5 Å². The highest BCUT2D eigenvalue weighted by molar-refractivity contribution is 5.69. The van der Waals surface area contributed by atoms with Gasteiger partial charge in [0.2, 0.25) is 0 Å². The summed E-state index contributed by atoms with van der Waals surface area (Å²) in [7, 11) is 0. The molecular weight excluding hydrogens is 428 g/mol. The zero-order chi connectivity index (χ0) is 23.8. The number of phenolic OH excluding ortho intramolecular Hbond substituents is 2. The van der Waals surface area contributed by atoms with Crippen molar-refractivity contribution in [3.63, 3.8) is 0 Å². The minimum absolute atomic E-state index is 0.206. The minimum atomic E-state index is -0.410. The molecule has 0 aliphatic heterocycles. The van der Waals surface area contributed by atoms with Crippen LogP contribution >= 0.6 is 0 Å². The SMILES string of the molecule is Oc1ccc(C2(c3ccc(O)cc3)CC(c3ccccc3)c3cc(-c4ccccc4)ccc32)cc1. The fraction of sp³-hybridized carbons (Fsp3) is 0.0909. The Hall–Kier alpha value is -4.30. The van der Waals surface area contributed by atoms with E-state index in [0.717, 1.165) is 17.5 Å². The van der Waals surface area contributed by atoms with Gasteiger partial charge in [-0.25, -0.2) is 0 Å². The molecular formula is C33H26O2. The molecule has 2 nitrogen and oxygen atoms in total. The molecule has 1 unspecified atom stereocenters. The molecule has 0 spiro atoms. The van der Waals surface area contributed by atoms with Gasteiger partial charge in [-0.05, 0) is 69.6 Å². The second-order valence-corrected chi connectivity index (χ2v) is 9.33. The molecule has 0 radical (unpaired) electrons. The van der Waals surface area contributed by atoms with Crippen LogP contribution in [0.4, 0.5) is 0 Å². The average Bonchev–Trinajstić information content (AvgIpc) is 3.26. The Morgan fingerprint density at radius 1 is 0.543 bits per heavy atom. The third-order valence-electron chi connectivity index (χ3n) is 7.43. The summed E-state index contributed by atoms with van der Waals surface area (Å²) in [6.07, 6.45) is 0.861. The standard InChI is InChI=1S/C33H26O2/c34-28-16-12-26(13-17-28)33(27-14-18-29(35)19-15-27)22-31(24-9-5-2-6-10-24)30-21-25(11-20-32(30)33)23-7-3-1-4-8-23/h1-21,31,34-35H,22H2. The molecule has 0 bridgehead atoms. The largest absolute Gasteiger partial charge is 0.508 e. The molecule has 0 aromatic heterocycles. The highest BCUT2D eigenvalue weighted by Gasteiger charge is 2.46. The average molecular weight is 455 g/mol. The van der Waals surface area contributed by atoms with E-state index in [9.17, 15) is 10.2 Å². The summed E-state index contributed by atoms with van der Waals surface area (Å²) in [6, 6.07) is 43.3. The molecule has 1 aliphatic rings. The Kier molecular flexibility index (Phi) is 5.15. The molecule has 2 heteroatoms. The molecule has 0 saturated carbocycles. The quantitative estimate of drug-likeness (QED) is 0.293. The summed E-state index contributed by atoms with van der Waals surface area (Å²) >= 11 is 0. The monoisotopic (exact) mass is 454 g/mol. The van der Waals surface area contributed by atoms with E-state index in [2.05, 4.69) is 72.8 Å². The van der Waals surface area contributed by atoms with Gasteiger partial charge in [0.25, 0.3) is 0 Å². The normalized spacial score (nSPS) is 16.1. The maximum atomic E-state index is 10.0. The van der Waals surface area contributed by atoms with Gasteiger partial charge in [-0.1, -0.05) is 103 Å². The van der Waals surface area contributed by atoms with E-state index < -0.39 is 5.41 Å². The molecule has 35 heavy (non-hydrogen) atoms. The van der Waals surface area contributed by atoms with Gasteiger partial charge in [0.15, 0.2) is 0 Å². The van der Waals surface area contributed by atoms with E-state index in [0.29, 0.717) is 0 Å². The van der Waals surface area contributed by atoms with Crippen molar-refractivity contribution in [3.05, 3.63) is 155 Å². The van der Waals surface area contributed by atoms with Crippen molar-refractivity contribution in [3.8, 4) is 22.6 Å². The topological polar surface area (TPSA) is 40.5 Å². The molecule has 0 saturated heterocycles. The van der Waals surface area contributed by atoms with Crippen LogP contribution in [0.25, 0.3) is 11.1 Å². The first kappa shape index (κ1) is 21.2. The van der Waals surface area contributed by atoms with Crippen LogP contribution in [0.1, 0.15) is 40.2 Å². The molecule has 6 rings (SSSR count). The van der Waals surface area contributed by atoms with Crippen molar-refractivity contribution in [1.29, 1.82) is 0 Å². The van der Waals surface area contributed by atoms with Crippen molar-refractivity contribution in [2.75, 3.05) is 0 Å². The number of fused-ring (bicyclic) bond motifs is 1. The Morgan fingerprint density at radius 2 is 1.09 bits per heavy atom. The maximum absolute atomic E-state index is 10.0. The Bertz CT molecular complexity index is 1410. The van der Waals surface area contributed by atoms with Crippen molar-refractivity contribution in [2.45, 2.75) is 17.8 Å². The zero-order valence-electron chi connectivity index (χ0n) is 19.3. The lowest BCUT2D eigenvalue weighted by Gasteiger charge is -2.33. The first-order valence-corrected chi connectivity index (χ1v) is 12.0. The number of rotatable bonds is 4. The van der Waals surface area contributed by atoms with E-state index in [1.165, 1.54) is 27.8 Å². The van der Waals surface area contributed by atoms with Gasteiger partial charge < -0.3 is 10.2 Å². The summed E-state index contributed by atoms with van der Waals surface area (Å²) in [5.74, 6) is 0.719. The van der Waals surface area contributed by atoms with Crippen molar-refractivity contribution in [1.82, 2.24) is 0 Å². The number of hydrogen-bond acceptors (Lipinski definition) is 2. The van der Waals surface area contributed by atoms with E-state index in [-0.39, 0.29) is 17.4 Å². The molecule has 0 fully saturated rings. The van der Waals surface area contributed by atoms with Gasteiger partial charge in [0.05, 0.1) is 0 Å². The lowest BCUT2D eigenvalue weighted by molar-refractivity contribution is 0.473. The van der Waals surface area contributed by atoms with Crippen LogP contribution < -0.4 is 0 Å². The fourth-order valence-electron chi connectivity index (χ4n) is 5.76. The van der Waals surface area contributed by atoms with E-state index in [1.54, 1.807) is 24.3 Å². The third kappa shape index (κ3) is 3.59. The smallest absolute Gasteiger partial charge is 0.115 e. The van der Waals surface area contributed by atoms with Crippen LogP contribution in [-0.4, -0.2) is 10.2 Å². The molecule has 0 amide bonds. The lowest BCUT2D eigenvalue weighted by Crippen LogP contribution is -2.26. The first-order chi connectivity index (χ1) is 17.1. The number of phenols is 2. The first-order valence-electron chi connectivity index (χ1n) is 12.0. The lowest BCUT2D eigenvalue weighted by atomic mass is 9.69. The highest BCUT2D eigenvalue weighted by Crippen LogP contribution is 2.56. The van der Waals surface area contributed by atoms with Crippen molar-refractivity contribution in [2.24, 2.45) is 0 Å². The van der Waals surface area contributed by atoms with E-state index in [4.69, 9.17) is 0 Å². The van der Waals surface area contributed by atoms with Crippen LogP contribution in [0.15, 0.2) is 127 Å². The third-order valence-corrected chi connectivity index (χ3v) is 7.43. The van der Waals surface area contributed by atoms with Gasteiger partial charge in [-0.2, -0.15) is 0 Å². The van der Waals surface area contributed by atoms with Crippen molar-refractivity contribution < 1.29 is 10.2 Å². The summed E-state index contributed by atoms with van der Waals surface area (Å²) in [5.41, 5.74) is 8.14. The molecule has 1 atom stereocenters. The van der Waals surface area contributed by atoms with Gasteiger partial charge in [-0.3, -0.25) is 0 Å². The number of hydrogen-bond donors (Lipinski definition) is 2. The Morgan fingerprint density at radius 3 is 1.66 bits per heavy atom. The summed E-state index contributed by atoms with van der Waals surface area (Å²) in [5, 5.41) is 20.1. The summed E-state index contributed by atoms with van der Waals surface area (Å²) < 4.78 is 0. The van der Waals surface area contributed by atoms with Crippen LogP contribution in [0.2, 0.25) is 0 Å². The van der Waals surface area contributed by atoms with Gasteiger partial charge in [-0.15, -0.1) is 0 Å². The van der Waals surface area contributed by atoms with E-state index >= 15 is 0 Å². The Balaban J connectivity index is 1.63. The predicted molar refractivity (Wildman–Crippen MR) is 141 cm³/mol. The van der Waals surface area contributed by atoms with Gasteiger partial charge in [0.1, 0.15) is 11.5 Å². The predicted octanol–water partition coefficient (Wildman–Crippen LogP) is 7.63. The highest BCUT2D eigenvalue weighted by atomic mass is 16.3. The minimum Gasteiger partial charge on any atom is -0.508 e. The van der Waals surface area contributed by atoms with Crippen molar-refractivity contribution >= 4 is 0 Å². The van der Waals surface area contributed by atoms with Crippen LogP contribution in [-0.2, 0) is 5.41 Å².